The Morgan fingerprint density at radius 3 is 2.15 bits per heavy atom. The molecule has 4 rings (SSSR count). The predicted molar refractivity (Wildman–Crippen MR) is 194 cm³/mol. The molecule has 6 atom stereocenters. The van der Waals surface area contributed by atoms with Gasteiger partial charge in [-0.1, -0.05) is 48.5 Å². The van der Waals surface area contributed by atoms with Crippen LogP contribution in [0.15, 0.2) is 66.7 Å². The molecule has 3 aromatic carbocycles. The summed E-state index contributed by atoms with van der Waals surface area (Å²) in [5.41, 5.74) is -0.0545. The molecule has 5 unspecified atom stereocenters. The number of carbonyl (C=O) groups excluding carboxylic acids is 4. The van der Waals surface area contributed by atoms with Crippen molar-refractivity contribution in [3.8, 4) is 23.0 Å². The van der Waals surface area contributed by atoms with Gasteiger partial charge in [0.05, 0.1) is 24.1 Å². The van der Waals surface area contributed by atoms with Gasteiger partial charge in [0.15, 0.2) is 29.0 Å². The number of ether oxygens (including phenoxy) is 1. The number of aliphatic hydroxyl groups is 1. The SMILES string of the molecule is COC(=O)C(NC(=O)C(NC(=O)[C@H](CCCNC(=O)c1cccc(O)c1O)NC(O)c1cccc(O)c1O)c1ccccc1)C1NC(C(=O)O)C(C)(C)S1. The summed E-state index contributed by atoms with van der Waals surface area (Å²) in [6.45, 7) is 3.30. The first-order valence-electron chi connectivity index (χ1n) is 16.7. The number of carboxylic acids is 1. The second-order valence-corrected chi connectivity index (χ2v) is 14.6. The minimum atomic E-state index is -1.71. The van der Waals surface area contributed by atoms with Crippen molar-refractivity contribution in [3.63, 3.8) is 0 Å². The summed E-state index contributed by atoms with van der Waals surface area (Å²) in [6.07, 6.45) is -1.71. The second-order valence-electron chi connectivity index (χ2n) is 12.8. The number of benzene rings is 3. The maximum absolute atomic E-state index is 14.0. The number of aliphatic carboxylic acids is 1. The van der Waals surface area contributed by atoms with E-state index in [1.54, 1.807) is 44.2 Å². The second kappa shape index (κ2) is 18.0. The summed E-state index contributed by atoms with van der Waals surface area (Å²) in [5.74, 6) is -6.70. The van der Waals surface area contributed by atoms with E-state index in [2.05, 4.69) is 26.6 Å². The molecule has 18 heteroatoms. The molecule has 0 spiro atoms. The van der Waals surface area contributed by atoms with Crippen molar-refractivity contribution in [2.75, 3.05) is 13.7 Å². The number of hydrogen-bond donors (Lipinski definition) is 11. The number of hydrogen-bond acceptors (Lipinski definition) is 14. The van der Waals surface area contributed by atoms with Gasteiger partial charge in [-0.15, -0.1) is 11.8 Å². The lowest BCUT2D eigenvalue weighted by Crippen LogP contribution is -2.57. The van der Waals surface area contributed by atoms with Gasteiger partial charge in [-0.05, 0) is 50.5 Å². The fourth-order valence-electron chi connectivity index (χ4n) is 5.80. The Kier molecular flexibility index (Phi) is 13.7. The Morgan fingerprint density at radius 1 is 0.870 bits per heavy atom. The van der Waals surface area contributed by atoms with Crippen LogP contribution >= 0.6 is 11.8 Å². The standard InChI is InChI=1S/C36H43N5O12S/c1-36(2)28(34(50)51)41-33(54-36)25(35(52)53-3)40-32(49)24(18-10-5-4-6-11-18)39-31(48)21(38-30(47)20-13-8-16-23(43)27(20)45)14-9-17-37-29(46)19-12-7-15-22(42)26(19)44/h4-8,10-13,15-16,21,24-25,28,30,33,38,41-45,47H,9,14,17H2,1-3H3,(H,37,46)(H,39,48)(H,40,49)(H,50,51)/t21-,24?,25?,28?,30?,33?/m0/s1. The number of aromatic hydroxyl groups is 4. The molecule has 1 heterocycles. The molecule has 0 saturated carbocycles. The summed E-state index contributed by atoms with van der Waals surface area (Å²) in [6, 6.07) is 10.5. The van der Waals surface area contributed by atoms with E-state index in [-0.39, 0.29) is 30.5 Å². The van der Waals surface area contributed by atoms with E-state index < -0.39 is 93.2 Å². The van der Waals surface area contributed by atoms with Crippen LogP contribution in [0.5, 0.6) is 23.0 Å². The molecule has 54 heavy (non-hydrogen) atoms. The lowest BCUT2D eigenvalue weighted by molar-refractivity contribution is -0.146. The number of rotatable bonds is 16. The number of amides is 3. The van der Waals surface area contributed by atoms with E-state index in [9.17, 15) is 54.6 Å². The van der Waals surface area contributed by atoms with Gasteiger partial charge in [0.2, 0.25) is 11.8 Å². The first-order chi connectivity index (χ1) is 25.5. The molecule has 17 nitrogen and oxygen atoms in total. The van der Waals surface area contributed by atoms with Crippen LogP contribution in [-0.2, 0) is 23.9 Å². The smallest absolute Gasteiger partial charge is 0.330 e. The molecule has 1 fully saturated rings. The highest BCUT2D eigenvalue weighted by molar-refractivity contribution is 8.01. The Morgan fingerprint density at radius 2 is 1.52 bits per heavy atom. The van der Waals surface area contributed by atoms with Crippen LogP contribution in [0, 0.1) is 0 Å². The third-order valence-electron chi connectivity index (χ3n) is 8.67. The fourth-order valence-corrected chi connectivity index (χ4v) is 7.27. The molecular formula is C36H43N5O12S. The first-order valence-corrected chi connectivity index (χ1v) is 17.6. The van der Waals surface area contributed by atoms with Gasteiger partial charge in [0, 0.05) is 16.9 Å². The third kappa shape index (κ3) is 9.90. The number of esters is 1. The number of nitrogens with one attached hydrogen (secondary N) is 5. The first kappa shape index (κ1) is 41.2. The Balaban J connectivity index is 1.57. The van der Waals surface area contributed by atoms with E-state index in [4.69, 9.17) is 4.74 Å². The lowest BCUT2D eigenvalue weighted by atomic mass is 10.0. The zero-order valence-electron chi connectivity index (χ0n) is 29.5. The minimum absolute atomic E-state index is 0.0456. The van der Waals surface area contributed by atoms with Gasteiger partial charge in [0.1, 0.15) is 18.3 Å². The number of aliphatic hydroxyl groups excluding tert-OH is 1. The summed E-state index contributed by atoms with van der Waals surface area (Å²) in [5, 5.41) is 73.3. The van der Waals surface area contributed by atoms with Crippen LogP contribution in [0.2, 0.25) is 0 Å². The van der Waals surface area contributed by atoms with Gasteiger partial charge >= 0.3 is 11.9 Å². The molecule has 3 amide bonds. The molecule has 0 aliphatic carbocycles. The summed E-state index contributed by atoms with van der Waals surface area (Å²) in [4.78, 5) is 65.6. The van der Waals surface area contributed by atoms with Crippen LogP contribution in [0.25, 0.3) is 0 Å². The quantitative estimate of drug-likeness (QED) is 0.0421. The number of para-hydroxylation sites is 2. The number of thioether (sulfide) groups is 1. The average molecular weight is 770 g/mol. The van der Waals surface area contributed by atoms with Crippen molar-refractivity contribution in [2.45, 2.75) is 67.2 Å². The highest BCUT2D eigenvalue weighted by Gasteiger charge is 2.50. The van der Waals surface area contributed by atoms with Gasteiger partial charge in [-0.25, -0.2) is 4.79 Å². The number of phenolic OH excluding ortho intramolecular Hbond substituents is 4. The summed E-state index contributed by atoms with van der Waals surface area (Å²) in [7, 11) is 1.11. The molecule has 1 aliphatic heterocycles. The van der Waals surface area contributed by atoms with Crippen molar-refractivity contribution in [1.29, 1.82) is 0 Å². The van der Waals surface area contributed by atoms with Crippen LogP contribution < -0.4 is 26.6 Å². The third-order valence-corrected chi connectivity index (χ3v) is 10.2. The van der Waals surface area contributed by atoms with Crippen molar-refractivity contribution in [1.82, 2.24) is 26.6 Å². The fraction of sp³-hybridized carbons (Fsp3) is 0.361. The van der Waals surface area contributed by atoms with Crippen molar-refractivity contribution in [2.24, 2.45) is 0 Å². The Hall–Kier alpha value is -5.56. The monoisotopic (exact) mass is 769 g/mol. The van der Waals surface area contributed by atoms with Gasteiger partial charge in [-0.3, -0.25) is 29.8 Å². The highest BCUT2D eigenvalue weighted by Crippen LogP contribution is 2.39. The van der Waals surface area contributed by atoms with Crippen molar-refractivity contribution >= 4 is 41.4 Å². The highest BCUT2D eigenvalue weighted by atomic mass is 32.2. The maximum Gasteiger partial charge on any atom is 0.330 e. The Labute approximate surface area is 314 Å². The van der Waals surface area contributed by atoms with Crippen LogP contribution in [0.3, 0.4) is 0 Å². The molecule has 1 saturated heterocycles. The number of carbonyl (C=O) groups is 5. The predicted octanol–water partition coefficient (Wildman–Crippen LogP) is 1.08. The molecule has 11 N–H and O–H groups in total. The normalized spacial score (nSPS) is 18.4. The molecule has 0 radical (unpaired) electrons. The zero-order valence-corrected chi connectivity index (χ0v) is 30.3. The average Bonchev–Trinajstić information content (AvgIpc) is 3.47. The molecular weight excluding hydrogens is 726 g/mol. The van der Waals surface area contributed by atoms with Crippen LogP contribution in [0.1, 0.15) is 60.4 Å². The number of methoxy groups -OCH3 is 1. The summed E-state index contributed by atoms with van der Waals surface area (Å²) >= 11 is 1.12. The molecule has 290 valence electrons. The van der Waals surface area contributed by atoms with E-state index in [1.165, 1.54) is 36.4 Å². The van der Waals surface area contributed by atoms with Gasteiger partial charge in [-0.2, -0.15) is 0 Å². The lowest BCUT2D eigenvalue weighted by Gasteiger charge is -2.28. The largest absolute Gasteiger partial charge is 0.504 e. The molecule has 1 aliphatic rings. The van der Waals surface area contributed by atoms with Gasteiger partial charge < -0.3 is 51.3 Å². The minimum Gasteiger partial charge on any atom is -0.504 e. The molecule has 0 aromatic heterocycles. The van der Waals surface area contributed by atoms with Crippen molar-refractivity contribution in [3.05, 3.63) is 83.4 Å². The van der Waals surface area contributed by atoms with E-state index in [1.807, 2.05) is 0 Å². The van der Waals surface area contributed by atoms with E-state index >= 15 is 0 Å². The van der Waals surface area contributed by atoms with Crippen LogP contribution in [0.4, 0.5) is 0 Å². The summed E-state index contributed by atoms with van der Waals surface area (Å²) < 4.78 is 4.05. The van der Waals surface area contributed by atoms with Crippen LogP contribution in [-0.4, -0.2) is 102 Å². The zero-order chi connectivity index (χ0) is 39.7. The number of phenols is 4. The van der Waals surface area contributed by atoms with E-state index in [0.29, 0.717) is 5.56 Å². The van der Waals surface area contributed by atoms with Gasteiger partial charge in [0.25, 0.3) is 5.91 Å². The van der Waals surface area contributed by atoms with E-state index in [0.717, 1.165) is 18.9 Å². The molecule has 3 aromatic rings. The van der Waals surface area contributed by atoms with Crippen molar-refractivity contribution < 1.29 is 59.3 Å². The maximum atomic E-state index is 14.0. The molecule has 0 bridgehead atoms. The topological polar surface area (TPSA) is 276 Å². The number of carboxylic acid groups (broad SMARTS) is 1. The Bertz CT molecular complexity index is 1850.